The Bertz CT molecular complexity index is 958. The van der Waals surface area contributed by atoms with Crippen LogP contribution in [0, 0.1) is 20.8 Å². The number of phenolic OH excluding ortho intramolecular Hbond substituents is 1. The molecule has 6 nitrogen and oxygen atoms in total. The van der Waals surface area contributed by atoms with Crippen molar-refractivity contribution in [1.29, 1.82) is 0 Å². The van der Waals surface area contributed by atoms with Crippen molar-refractivity contribution >= 4 is 17.3 Å². The van der Waals surface area contributed by atoms with Crippen molar-refractivity contribution in [3.63, 3.8) is 0 Å². The highest BCUT2D eigenvalue weighted by atomic mass is 16.4. The number of benzene rings is 1. The zero-order chi connectivity index (χ0) is 16.9. The van der Waals surface area contributed by atoms with Gasteiger partial charge >= 0.3 is 5.97 Å². The number of aromatic nitrogens is 2. The number of anilines is 1. The van der Waals surface area contributed by atoms with Gasteiger partial charge in [0.25, 0.3) is 0 Å². The monoisotopic (exact) mass is 311 g/mol. The summed E-state index contributed by atoms with van der Waals surface area (Å²) in [6.45, 7) is 5.49. The second-order valence-corrected chi connectivity index (χ2v) is 5.61. The van der Waals surface area contributed by atoms with E-state index in [4.69, 9.17) is 5.73 Å². The lowest BCUT2D eigenvalue weighted by Crippen LogP contribution is -2.04. The van der Waals surface area contributed by atoms with Gasteiger partial charge in [-0.05, 0) is 55.2 Å². The molecule has 4 N–H and O–H groups in total. The number of fused-ring (bicyclic) bond motifs is 1. The highest BCUT2D eigenvalue weighted by molar-refractivity contribution is 6.00. The third-order valence-electron chi connectivity index (χ3n) is 4.10. The molecule has 0 unspecified atom stereocenters. The maximum atomic E-state index is 11.7. The second-order valence-electron chi connectivity index (χ2n) is 5.61. The Hall–Kier alpha value is -3.02. The molecular formula is C17H17N3O3. The summed E-state index contributed by atoms with van der Waals surface area (Å²) in [7, 11) is 0. The van der Waals surface area contributed by atoms with Crippen LogP contribution in [0.3, 0.4) is 0 Å². The van der Waals surface area contributed by atoms with Crippen molar-refractivity contribution in [2.45, 2.75) is 20.8 Å². The first-order valence-corrected chi connectivity index (χ1v) is 7.12. The minimum absolute atomic E-state index is 0.0859. The average Bonchev–Trinajstić information content (AvgIpc) is 2.78. The zero-order valence-electron chi connectivity index (χ0n) is 13.1. The minimum Gasteiger partial charge on any atom is -0.508 e. The average molecular weight is 311 g/mol. The number of rotatable bonds is 2. The van der Waals surface area contributed by atoms with Gasteiger partial charge in [-0.1, -0.05) is 6.07 Å². The van der Waals surface area contributed by atoms with Gasteiger partial charge in [-0.2, -0.15) is 0 Å². The van der Waals surface area contributed by atoms with Gasteiger partial charge in [0, 0.05) is 6.20 Å². The fourth-order valence-electron chi connectivity index (χ4n) is 2.97. The molecule has 6 heteroatoms. The molecule has 2 aromatic heterocycles. The summed E-state index contributed by atoms with van der Waals surface area (Å²) in [6.07, 6.45) is 1.80. The lowest BCUT2D eigenvalue weighted by molar-refractivity contribution is 0.0698. The third kappa shape index (κ3) is 2.19. The third-order valence-corrected chi connectivity index (χ3v) is 4.10. The quantitative estimate of drug-likeness (QED) is 0.675. The van der Waals surface area contributed by atoms with E-state index in [9.17, 15) is 15.0 Å². The number of phenols is 1. The van der Waals surface area contributed by atoms with E-state index in [0.29, 0.717) is 22.5 Å². The van der Waals surface area contributed by atoms with Crippen LogP contribution in [-0.4, -0.2) is 25.6 Å². The molecule has 0 aliphatic rings. The summed E-state index contributed by atoms with van der Waals surface area (Å²) >= 11 is 0. The molecule has 23 heavy (non-hydrogen) atoms. The van der Waals surface area contributed by atoms with Crippen molar-refractivity contribution < 1.29 is 15.0 Å². The highest BCUT2D eigenvalue weighted by Crippen LogP contribution is 2.34. The molecule has 118 valence electrons. The number of nitrogens with zero attached hydrogens (tertiary/aromatic N) is 2. The number of aromatic hydroxyl groups is 1. The van der Waals surface area contributed by atoms with Gasteiger partial charge in [-0.25, -0.2) is 9.78 Å². The number of nitrogen functional groups attached to an aromatic ring is 1. The Labute approximate surface area is 132 Å². The van der Waals surface area contributed by atoms with Gasteiger partial charge in [-0.15, -0.1) is 0 Å². The molecule has 1 aromatic carbocycles. The molecule has 3 rings (SSSR count). The number of pyridine rings is 1. The molecule has 0 saturated carbocycles. The minimum atomic E-state index is -1.07. The van der Waals surface area contributed by atoms with E-state index < -0.39 is 5.97 Å². The molecule has 0 aliphatic heterocycles. The molecule has 0 atom stereocenters. The van der Waals surface area contributed by atoms with Crippen LogP contribution in [-0.2, 0) is 0 Å². The molecule has 0 bridgehead atoms. The largest absolute Gasteiger partial charge is 0.508 e. The summed E-state index contributed by atoms with van der Waals surface area (Å²) in [4.78, 5) is 15.8. The predicted molar refractivity (Wildman–Crippen MR) is 87.9 cm³/mol. The van der Waals surface area contributed by atoms with E-state index in [1.807, 2.05) is 6.92 Å². The normalized spacial score (nSPS) is 11.1. The Morgan fingerprint density at radius 3 is 2.61 bits per heavy atom. The first-order chi connectivity index (χ1) is 10.8. The van der Waals surface area contributed by atoms with E-state index in [1.165, 1.54) is 0 Å². The summed E-state index contributed by atoms with van der Waals surface area (Å²) < 4.78 is 1.68. The first kappa shape index (κ1) is 14.9. The van der Waals surface area contributed by atoms with E-state index in [-0.39, 0.29) is 17.1 Å². The topological polar surface area (TPSA) is 101 Å². The standard InChI is InChI=1S/C17H17N3O3/c1-8-4-5-13(21)9(2)14(8)11-6-12(17(22)23)15-16(18)19-10(3)20(15)7-11/h4-7,21H,18H2,1-3H3,(H,22,23). The van der Waals surface area contributed by atoms with Crippen LogP contribution in [0.2, 0.25) is 0 Å². The SMILES string of the molecule is Cc1ccc(O)c(C)c1-c1cc(C(=O)O)c2c(N)nc(C)n2c1. The van der Waals surface area contributed by atoms with Crippen LogP contribution in [0.15, 0.2) is 24.4 Å². The number of carboxylic acids is 1. The number of carbonyl (C=O) groups is 1. The van der Waals surface area contributed by atoms with Crippen LogP contribution < -0.4 is 5.73 Å². The lowest BCUT2D eigenvalue weighted by atomic mass is 9.95. The van der Waals surface area contributed by atoms with Gasteiger partial charge in [0.05, 0.1) is 5.56 Å². The number of hydrogen-bond donors (Lipinski definition) is 3. The maximum Gasteiger partial charge on any atom is 0.337 e. The van der Waals surface area contributed by atoms with E-state index in [2.05, 4.69) is 4.98 Å². The summed E-state index contributed by atoms with van der Waals surface area (Å²) in [5.41, 5.74) is 9.47. The molecule has 0 radical (unpaired) electrons. The Morgan fingerprint density at radius 1 is 1.26 bits per heavy atom. The fraction of sp³-hybridized carbons (Fsp3) is 0.176. The van der Waals surface area contributed by atoms with Crippen molar-refractivity contribution in [1.82, 2.24) is 9.38 Å². The summed E-state index contributed by atoms with van der Waals surface area (Å²) in [6, 6.07) is 5.01. The van der Waals surface area contributed by atoms with Crippen LogP contribution in [0.5, 0.6) is 5.75 Å². The van der Waals surface area contributed by atoms with Crippen LogP contribution in [0.25, 0.3) is 16.6 Å². The molecule has 2 heterocycles. The molecular weight excluding hydrogens is 294 g/mol. The number of nitrogens with two attached hydrogens (primary N) is 1. The zero-order valence-corrected chi connectivity index (χ0v) is 13.1. The molecule has 0 amide bonds. The van der Waals surface area contributed by atoms with Crippen molar-refractivity contribution in [3.05, 3.63) is 46.9 Å². The smallest absolute Gasteiger partial charge is 0.337 e. The second kappa shape index (κ2) is 5.01. The highest BCUT2D eigenvalue weighted by Gasteiger charge is 2.19. The van der Waals surface area contributed by atoms with E-state index in [0.717, 1.165) is 11.1 Å². The predicted octanol–water partition coefficient (Wildman–Crippen LogP) is 2.91. The van der Waals surface area contributed by atoms with Gasteiger partial charge < -0.3 is 20.3 Å². The number of imidazole rings is 1. The van der Waals surface area contributed by atoms with Crippen LogP contribution in [0.4, 0.5) is 5.82 Å². The Morgan fingerprint density at radius 2 is 1.96 bits per heavy atom. The van der Waals surface area contributed by atoms with E-state index in [1.54, 1.807) is 42.6 Å². The van der Waals surface area contributed by atoms with E-state index >= 15 is 0 Å². The molecule has 0 saturated heterocycles. The number of hydrogen-bond acceptors (Lipinski definition) is 4. The molecule has 0 fully saturated rings. The number of aromatic carboxylic acids is 1. The molecule has 0 spiro atoms. The van der Waals surface area contributed by atoms with Crippen LogP contribution >= 0.6 is 0 Å². The number of carboxylic acid groups (broad SMARTS) is 1. The van der Waals surface area contributed by atoms with Gasteiger partial charge in [0.15, 0.2) is 5.82 Å². The Kier molecular flexibility index (Phi) is 3.25. The summed E-state index contributed by atoms with van der Waals surface area (Å²) in [5.74, 6) is -0.100. The van der Waals surface area contributed by atoms with Gasteiger partial charge in [0.1, 0.15) is 17.1 Å². The number of aryl methyl sites for hydroxylation is 2. The van der Waals surface area contributed by atoms with Gasteiger partial charge in [-0.3, -0.25) is 0 Å². The molecule has 0 aliphatic carbocycles. The lowest BCUT2D eigenvalue weighted by Gasteiger charge is -2.14. The molecule has 3 aromatic rings. The summed E-state index contributed by atoms with van der Waals surface area (Å²) in [5, 5.41) is 19.5. The Balaban J connectivity index is 2.43. The fourth-order valence-corrected chi connectivity index (χ4v) is 2.97. The van der Waals surface area contributed by atoms with Gasteiger partial charge in [0.2, 0.25) is 0 Å². The van der Waals surface area contributed by atoms with Crippen molar-refractivity contribution in [3.8, 4) is 16.9 Å². The van der Waals surface area contributed by atoms with Crippen LogP contribution in [0.1, 0.15) is 27.3 Å². The maximum absolute atomic E-state index is 11.7. The first-order valence-electron chi connectivity index (χ1n) is 7.12. The van der Waals surface area contributed by atoms with Crippen molar-refractivity contribution in [2.75, 3.05) is 5.73 Å². The van der Waals surface area contributed by atoms with Crippen molar-refractivity contribution in [2.24, 2.45) is 0 Å².